The van der Waals surface area contributed by atoms with Gasteiger partial charge >= 0.3 is 0 Å². The van der Waals surface area contributed by atoms with Gasteiger partial charge in [-0.3, -0.25) is 0 Å². The highest BCUT2D eigenvalue weighted by Gasteiger charge is 2.00. The summed E-state index contributed by atoms with van der Waals surface area (Å²) in [5.74, 6) is 0. The Labute approximate surface area is 77.0 Å². The van der Waals surface area contributed by atoms with Crippen LogP contribution in [0.4, 0.5) is 0 Å². The molecular weight excluding hydrogens is 146 g/mol. The first-order chi connectivity index (χ1) is 5.85. The van der Waals surface area contributed by atoms with Crippen LogP contribution < -0.4 is 5.73 Å². The van der Waals surface area contributed by atoms with Crippen LogP contribution in [0.5, 0.6) is 0 Å². The van der Waals surface area contributed by atoms with Gasteiger partial charge in [-0.1, -0.05) is 31.9 Å². The Morgan fingerprint density at radius 3 is 2.42 bits per heavy atom. The molecule has 0 aromatic rings. The Morgan fingerprint density at radius 2 is 2.00 bits per heavy atom. The Morgan fingerprint density at radius 1 is 1.33 bits per heavy atom. The van der Waals surface area contributed by atoms with E-state index in [-0.39, 0.29) is 0 Å². The van der Waals surface area contributed by atoms with Crippen LogP contribution in [-0.4, -0.2) is 6.54 Å². The lowest BCUT2D eigenvalue weighted by molar-refractivity contribution is 0.676. The summed E-state index contributed by atoms with van der Waals surface area (Å²) in [6.45, 7) is 5.08. The van der Waals surface area contributed by atoms with E-state index in [2.05, 4.69) is 19.9 Å². The van der Waals surface area contributed by atoms with Gasteiger partial charge in [0.1, 0.15) is 0 Å². The van der Waals surface area contributed by atoms with E-state index in [0.717, 1.165) is 13.0 Å². The minimum Gasteiger partial charge on any atom is -0.330 e. The lowest BCUT2D eigenvalue weighted by atomic mass is 9.97. The van der Waals surface area contributed by atoms with E-state index >= 15 is 0 Å². The fourth-order valence-electron chi connectivity index (χ4n) is 1.32. The molecule has 0 heterocycles. The van der Waals surface area contributed by atoms with Crippen LogP contribution in [0.2, 0.25) is 0 Å². The van der Waals surface area contributed by atoms with Crippen molar-refractivity contribution < 1.29 is 0 Å². The lowest BCUT2D eigenvalue weighted by Gasteiger charge is -2.10. The maximum atomic E-state index is 5.42. The lowest BCUT2D eigenvalue weighted by Crippen LogP contribution is -2.02. The molecule has 0 bridgehead atoms. The fraction of sp³-hybridized carbons (Fsp3) is 0.818. The molecule has 2 N–H and O–H groups in total. The topological polar surface area (TPSA) is 26.0 Å². The van der Waals surface area contributed by atoms with E-state index in [4.69, 9.17) is 5.73 Å². The normalized spacial score (nSPS) is 16.1. The van der Waals surface area contributed by atoms with Crippen LogP contribution >= 0.6 is 0 Å². The molecule has 0 aromatic carbocycles. The predicted molar refractivity (Wildman–Crippen MR) is 56.2 cm³/mol. The third-order valence-electron chi connectivity index (χ3n) is 1.85. The van der Waals surface area contributed by atoms with Gasteiger partial charge in [0.15, 0.2) is 0 Å². The second-order valence-electron chi connectivity index (χ2n) is 3.35. The maximum Gasteiger partial charge on any atom is -0.00399 e. The molecule has 0 spiro atoms. The molecule has 12 heavy (non-hydrogen) atoms. The summed E-state index contributed by atoms with van der Waals surface area (Å²) in [6, 6.07) is 0. The highest BCUT2D eigenvalue weighted by Crippen LogP contribution is 2.18. The summed E-state index contributed by atoms with van der Waals surface area (Å²) in [5.41, 5.74) is 7.01. The van der Waals surface area contributed by atoms with Gasteiger partial charge in [0.25, 0.3) is 0 Å². The second kappa shape index (κ2) is 8.79. The minimum absolute atomic E-state index is 0.825. The summed E-state index contributed by atoms with van der Waals surface area (Å²) in [6.07, 6.45) is 10.1. The van der Waals surface area contributed by atoms with Crippen molar-refractivity contribution in [3.63, 3.8) is 0 Å². The van der Waals surface area contributed by atoms with Gasteiger partial charge in [0.05, 0.1) is 0 Å². The van der Waals surface area contributed by atoms with Crippen LogP contribution in [0.25, 0.3) is 0 Å². The van der Waals surface area contributed by atoms with Gasteiger partial charge in [-0.15, -0.1) is 0 Å². The van der Waals surface area contributed by atoms with Gasteiger partial charge in [-0.05, 0) is 38.6 Å². The molecule has 0 saturated heterocycles. The van der Waals surface area contributed by atoms with Crippen LogP contribution in [0.15, 0.2) is 11.6 Å². The van der Waals surface area contributed by atoms with Crippen molar-refractivity contribution in [2.24, 2.45) is 5.73 Å². The monoisotopic (exact) mass is 169 g/mol. The zero-order valence-corrected chi connectivity index (χ0v) is 8.60. The van der Waals surface area contributed by atoms with Gasteiger partial charge in [-0.2, -0.15) is 0 Å². The number of hydrogen-bond acceptors (Lipinski definition) is 1. The van der Waals surface area contributed by atoms with Gasteiger partial charge < -0.3 is 5.73 Å². The van der Waals surface area contributed by atoms with Gasteiger partial charge in [0, 0.05) is 0 Å². The summed E-state index contributed by atoms with van der Waals surface area (Å²) < 4.78 is 0. The standard InChI is InChI=1S/C8H15N.C3H8/c9-7-6-8-4-2-1-3-5-8;1-3-2/h4H,1-3,5-7,9H2;3H2,1-2H3. The maximum absolute atomic E-state index is 5.42. The third-order valence-corrected chi connectivity index (χ3v) is 1.85. The molecule has 0 saturated carbocycles. The Bertz CT molecular complexity index is 116. The van der Waals surface area contributed by atoms with E-state index in [9.17, 15) is 0 Å². The zero-order valence-electron chi connectivity index (χ0n) is 8.60. The molecule has 0 unspecified atom stereocenters. The Hall–Kier alpha value is -0.300. The molecule has 1 aliphatic carbocycles. The SMILES string of the molecule is CCC.NCCC1=CCCCC1. The Balaban J connectivity index is 0.000000354. The van der Waals surface area contributed by atoms with E-state index < -0.39 is 0 Å². The average molecular weight is 169 g/mol. The van der Waals surface area contributed by atoms with Gasteiger partial charge in [0.2, 0.25) is 0 Å². The van der Waals surface area contributed by atoms with E-state index in [1.807, 2.05) is 0 Å². The summed E-state index contributed by atoms with van der Waals surface area (Å²) >= 11 is 0. The summed E-state index contributed by atoms with van der Waals surface area (Å²) in [4.78, 5) is 0. The van der Waals surface area contributed by atoms with Crippen molar-refractivity contribution in [1.82, 2.24) is 0 Å². The number of allylic oxidation sites excluding steroid dienone is 1. The first-order valence-corrected chi connectivity index (χ1v) is 5.23. The van der Waals surface area contributed by atoms with Crippen molar-refractivity contribution in [3.05, 3.63) is 11.6 Å². The summed E-state index contributed by atoms with van der Waals surface area (Å²) in [5, 5.41) is 0. The van der Waals surface area contributed by atoms with Crippen LogP contribution in [-0.2, 0) is 0 Å². The third kappa shape index (κ3) is 6.41. The van der Waals surface area contributed by atoms with Crippen LogP contribution in [0, 0.1) is 0 Å². The molecule has 0 aliphatic heterocycles. The second-order valence-corrected chi connectivity index (χ2v) is 3.35. The molecule has 0 amide bonds. The molecule has 0 radical (unpaired) electrons. The first-order valence-electron chi connectivity index (χ1n) is 5.23. The number of rotatable bonds is 2. The molecule has 1 rings (SSSR count). The van der Waals surface area contributed by atoms with Crippen molar-refractivity contribution in [1.29, 1.82) is 0 Å². The molecule has 0 atom stereocenters. The minimum atomic E-state index is 0.825. The highest BCUT2D eigenvalue weighted by atomic mass is 14.5. The number of hydrogen-bond donors (Lipinski definition) is 1. The molecule has 1 aliphatic rings. The zero-order chi connectivity index (χ0) is 9.23. The van der Waals surface area contributed by atoms with Crippen molar-refractivity contribution in [2.45, 2.75) is 52.4 Å². The largest absolute Gasteiger partial charge is 0.330 e. The van der Waals surface area contributed by atoms with Crippen LogP contribution in [0.3, 0.4) is 0 Å². The molecule has 72 valence electrons. The molecule has 0 fully saturated rings. The highest BCUT2D eigenvalue weighted by molar-refractivity contribution is 5.04. The predicted octanol–water partition coefficient (Wildman–Crippen LogP) is 3.25. The fourth-order valence-corrected chi connectivity index (χ4v) is 1.32. The smallest absolute Gasteiger partial charge is 0.00399 e. The van der Waals surface area contributed by atoms with Gasteiger partial charge in [-0.25, -0.2) is 0 Å². The number of nitrogens with two attached hydrogens (primary N) is 1. The molecule has 1 nitrogen and oxygen atoms in total. The van der Waals surface area contributed by atoms with Crippen molar-refractivity contribution in [2.75, 3.05) is 6.54 Å². The van der Waals surface area contributed by atoms with E-state index in [1.54, 1.807) is 5.57 Å². The van der Waals surface area contributed by atoms with E-state index in [0.29, 0.717) is 0 Å². The summed E-state index contributed by atoms with van der Waals surface area (Å²) in [7, 11) is 0. The Kier molecular flexibility index (Phi) is 8.57. The first kappa shape index (κ1) is 11.7. The quantitative estimate of drug-likeness (QED) is 0.631. The molecule has 0 aromatic heterocycles. The van der Waals surface area contributed by atoms with Crippen LogP contribution in [0.1, 0.15) is 52.4 Å². The van der Waals surface area contributed by atoms with Crippen molar-refractivity contribution in [3.8, 4) is 0 Å². The van der Waals surface area contributed by atoms with E-state index in [1.165, 1.54) is 32.1 Å². The molecule has 1 heteroatoms. The van der Waals surface area contributed by atoms with Crippen molar-refractivity contribution >= 4 is 0 Å². The molecular formula is C11H23N. The average Bonchev–Trinajstić information content (AvgIpc) is 2.08.